The average Bonchev–Trinajstić information content (AvgIpc) is 3.15. The van der Waals surface area contributed by atoms with E-state index in [0.717, 1.165) is 27.1 Å². The number of fused-ring (bicyclic) bond motifs is 1. The first-order valence-corrected chi connectivity index (χ1v) is 11.0. The lowest BCUT2D eigenvalue weighted by Crippen LogP contribution is -2.22. The molecule has 1 amide bonds. The van der Waals surface area contributed by atoms with Crippen LogP contribution in [0.1, 0.15) is 17.3 Å². The van der Waals surface area contributed by atoms with Crippen LogP contribution in [0.15, 0.2) is 77.8 Å². The van der Waals surface area contributed by atoms with Crippen LogP contribution in [0.2, 0.25) is 0 Å². The van der Waals surface area contributed by atoms with Crippen LogP contribution in [0.25, 0.3) is 21.3 Å². The number of amides is 1. The minimum absolute atomic E-state index is 0.0382. The number of aromatic nitrogens is 1. The zero-order valence-corrected chi connectivity index (χ0v) is 18.6. The van der Waals surface area contributed by atoms with Gasteiger partial charge in [0.25, 0.3) is 5.91 Å². The Morgan fingerprint density at radius 2 is 1.69 bits per heavy atom. The summed E-state index contributed by atoms with van der Waals surface area (Å²) < 4.78 is 13.0. The third kappa shape index (κ3) is 4.63. The molecule has 32 heavy (non-hydrogen) atoms. The molecule has 0 radical (unpaired) electrons. The molecule has 0 spiro atoms. The van der Waals surface area contributed by atoms with Gasteiger partial charge in [-0.2, -0.15) is 4.99 Å². The first-order chi connectivity index (χ1) is 15.6. The number of methoxy groups -OCH3 is 1. The minimum Gasteiger partial charge on any atom is -0.494 e. The van der Waals surface area contributed by atoms with Gasteiger partial charge in [0.2, 0.25) is 0 Å². The molecule has 4 aromatic rings. The van der Waals surface area contributed by atoms with Gasteiger partial charge >= 0.3 is 5.97 Å². The smallest absolute Gasteiger partial charge is 0.325 e. The van der Waals surface area contributed by atoms with Crippen LogP contribution in [-0.4, -0.2) is 30.2 Å². The van der Waals surface area contributed by atoms with Crippen molar-refractivity contribution in [2.24, 2.45) is 4.99 Å². The van der Waals surface area contributed by atoms with Gasteiger partial charge in [-0.3, -0.25) is 9.59 Å². The van der Waals surface area contributed by atoms with Gasteiger partial charge in [0, 0.05) is 5.56 Å². The first kappa shape index (κ1) is 21.5. The minimum atomic E-state index is -0.417. The Bertz CT molecular complexity index is 1320. The van der Waals surface area contributed by atoms with E-state index in [4.69, 9.17) is 9.47 Å². The number of rotatable bonds is 6. The van der Waals surface area contributed by atoms with Crippen molar-refractivity contribution in [2.45, 2.75) is 13.5 Å². The molecule has 0 N–H and O–H groups in total. The lowest BCUT2D eigenvalue weighted by molar-refractivity contribution is -0.141. The maximum atomic E-state index is 12.9. The predicted molar refractivity (Wildman–Crippen MR) is 125 cm³/mol. The fourth-order valence-corrected chi connectivity index (χ4v) is 4.39. The van der Waals surface area contributed by atoms with Crippen molar-refractivity contribution < 1.29 is 19.1 Å². The summed E-state index contributed by atoms with van der Waals surface area (Å²) >= 11 is 1.33. The third-order valence-electron chi connectivity index (χ3n) is 4.92. The maximum Gasteiger partial charge on any atom is 0.325 e. The van der Waals surface area contributed by atoms with Crippen LogP contribution in [0.4, 0.5) is 0 Å². The van der Waals surface area contributed by atoms with E-state index in [-0.39, 0.29) is 12.5 Å². The second-order valence-corrected chi connectivity index (χ2v) is 7.98. The summed E-state index contributed by atoms with van der Waals surface area (Å²) in [6.45, 7) is 2.43. The highest BCUT2D eigenvalue weighted by Gasteiger charge is 2.13. The lowest BCUT2D eigenvalue weighted by Gasteiger charge is -2.05. The van der Waals surface area contributed by atoms with Crippen molar-refractivity contribution >= 4 is 33.4 Å². The monoisotopic (exact) mass is 446 g/mol. The van der Waals surface area contributed by atoms with Crippen LogP contribution in [0.5, 0.6) is 5.75 Å². The van der Waals surface area contributed by atoms with E-state index in [1.165, 1.54) is 18.4 Å². The van der Waals surface area contributed by atoms with Gasteiger partial charge < -0.3 is 14.0 Å². The molecule has 0 aliphatic heterocycles. The summed E-state index contributed by atoms with van der Waals surface area (Å²) in [5.74, 6) is -0.0691. The Morgan fingerprint density at radius 1 is 0.969 bits per heavy atom. The second-order valence-electron chi connectivity index (χ2n) is 6.97. The molecule has 162 valence electrons. The summed E-state index contributed by atoms with van der Waals surface area (Å²) in [4.78, 5) is 29.6. The summed E-state index contributed by atoms with van der Waals surface area (Å²) in [5.41, 5.74) is 3.36. The number of esters is 1. The van der Waals surface area contributed by atoms with E-state index in [9.17, 15) is 9.59 Å². The highest BCUT2D eigenvalue weighted by atomic mass is 32.1. The largest absolute Gasteiger partial charge is 0.494 e. The van der Waals surface area contributed by atoms with Gasteiger partial charge in [-0.1, -0.05) is 53.8 Å². The van der Waals surface area contributed by atoms with Gasteiger partial charge in [0.05, 0.1) is 23.9 Å². The van der Waals surface area contributed by atoms with Crippen molar-refractivity contribution in [1.29, 1.82) is 0 Å². The van der Waals surface area contributed by atoms with E-state index in [1.54, 1.807) is 16.7 Å². The first-order valence-electron chi connectivity index (χ1n) is 10.2. The standard InChI is InChI=1S/C25H22N2O4S/c1-3-31-20-13-14-21-22(15-20)32-25(27(21)16-23(28)30-2)26-24(29)19-11-9-18(10-12-19)17-7-5-4-6-8-17/h4-15H,3,16H2,1-2H3. The molecule has 1 aromatic heterocycles. The van der Waals surface area contributed by atoms with Crippen molar-refractivity contribution in [1.82, 2.24) is 4.57 Å². The topological polar surface area (TPSA) is 69.9 Å². The van der Waals surface area contributed by atoms with Gasteiger partial charge in [0.15, 0.2) is 4.80 Å². The lowest BCUT2D eigenvalue weighted by atomic mass is 10.0. The fraction of sp³-hybridized carbons (Fsp3) is 0.160. The van der Waals surface area contributed by atoms with E-state index in [0.29, 0.717) is 17.0 Å². The van der Waals surface area contributed by atoms with Crippen molar-refractivity contribution in [3.8, 4) is 16.9 Å². The number of ether oxygens (including phenoxy) is 2. The summed E-state index contributed by atoms with van der Waals surface area (Å²) in [6, 6.07) is 22.9. The van der Waals surface area contributed by atoms with Crippen LogP contribution >= 0.6 is 11.3 Å². The molecular weight excluding hydrogens is 424 g/mol. The predicted octanol–water partition coefficient (Wildman–Crippen LogP) is 4.68. The normalized spacial score (nSPS) is 11.5. The molecule has 6 nitrogen and oxygen atoms in total. The average molecular weight is 447 g/mol. The maximum absolute atomic E-state index is 12.9. The molecule has 0 saturated carbocycles. The number of hydrogen-bond donors (Lipinski definition) is 0. The number of hydrogen-bond acceptors (Lipinski definition) is 5. The Kier molecular flexibility index (Phi) is 6.47. The molecule has 1 heterocycles. The Balaban J connectivity index is 1.72. The Morgan fingerprint density at radius 3 is 2.38 bits per heavy atom. The van der Waals surface area contributed by atoms with Gasteiger partial charge in [-0.25, -0.2) is 0 Å². The Labute approximate surface area is 189 Å². The molecule has 4 rings (SSSR count). The van der Waals surface area contributed by atoms with Gasteiger partial charge in [0.1, 0.15) is 12.3 Å². The molecule has 0 unspecified atom stereocenters. The van der Waals surface area contributed by atoms with Gasteiger partial charge in [-0.05, 0) is 48.4 Å². The van der Waals surface area contributed by atoms with E-state index < -0.39 is 5.97 Å². The van der Waals surface area contributed by atoms with Crippen LogP contribution in [0.3, 0.4) is 0 Å². The Hall–Kier alpha value is -3.71. The van der Waals surface area contributed by atoms with E-state index in [2.05, 4.69) is 4.99 Å². The van der Waals surface area contributed by atoms with Crippen LogP contribution < -0.4 is 9.54 Å². The molecule has 0 bridgehead atoms. The molecule has 7 heteroatoms. The summed E-state index contributed by atoms with van der Waals surface area (Å²) in [7, 11) is 1.33. The molecule has 0 aliphatic carbocycles. The quantitative estimate of drug-likeness (QED) is 0.403. The van der Waals surface area contributed by atoms with Crippen molar-refractivity contribution in [3.05, 3.63) is 83.2 Å². The zero-order valence-electron chi connectivity index (χ0n) is 17.8. The summed E-state index contributed by atoms with van der Waals surface area (Å²) in [5, 5.41) is 0. The molecule has 0 fully saturated rings. The third-order valence-corrected chi connectivity index (χ3v) is 5.96. The van der Waals surface area contributed by atoms with E-state index in [1.807, 2.05) is 67.6 Å². The highest BCUT2D eigenvalue weighted by Crippen LogP contribution is 2.24. The van der Waals surface area contributed by atoms with Crippen molar-refractivity contribution in [2.75, 3.05) is 13.7 Å². The van der Waals surface area contributed by atoms with Gasteiger partial charge in [-0.15, -0.1) is 0 Å². The fourth-order valence-electron chi connectivity index (χ4n) is 3.33. The number of benzene rings is 3. The molecule has 0 aliphatic rings. The number of nitrogens with zero attached hydrogens (tertiary/aromatic N) is 2. The van der Waals surface area contributed by atoms with Crippen LogP contribution in [-0.2, 0) is 16.1 Å². The number of carbonyl (C=O) groups is 2. The molecule has 3 aromatic carbocycles. The number of carbonyl (C=O) groups excluding carboxylic acids is 2. The second kappa shape index (κ2) is 9.62. The molecular formula is C25H22N2O4S. The van der Waals surface area contributed by atoms with Crippen molar-refractivity contribution in [3.63, 3.8) is 0 Å². The molecule has 0 saturated heterocycles. The summed E-state index contributed by atoms with van der Waals surface area (Å²) in [6.07, 6.45) is 0. The molecule has 0 atom stereocenters. The SMILES string of the molecule is CCOc1ccc2c(c1)sc(=NC(=O)c1ccc(-c3ccccc3)cc1)n2CC(=O)OC. The van der Waals surface area contributed by atoms with E-state index >= 15 is 0 Å². The van der Waals surface area contributed by atoms with Crippen LogP contribution in [0, 0.1) is 0 Å². The highest BCUT2D eigenvalue weighted by molar-refractivity contribution is 7.16. The number of thiazole rings is 1. The zero-order chi connectivity index (χ0) is 22.5.